The lowest BCUT2D eigenvalue weighted by atomic mass is 10.1. The molecular formula is C11H12IN3OS. The Morgan fingerprint density at radius 2 is 2.35 bits per heavy atom. The molecule has 4 nitrogen and oxygen atoms in total. The third kappa shape index (κ3) is 2.92. The van der Waals surface area contributed by atoms with Crippen molar-refractivity contribution in [1.29, 1.82) is 0 Å². The Labute approximate surface area is 117 Å². The molecule has 17 heavy (non-hydrogen) atoms. The van der Waals surface area contributed by atoms with E-state index < -0.39 is 0 Å². The van der Waals surface area contributed by atoms with Gasteiger partial charge in [0.05, 0.1) is 9.30 Å². The van der Waals surface area contributed by atoms with Crippen molar-refractivity contribution in [3.8, 4) is 0 Å². The average Bonchev–Trinajstić information content (AvgIpc) is 2.86. The zero-order valence-corrected chi connectivity index (χ0v) is 12.5. The van der Waals surface area contributed by atoms with Gasteiger partial charge in [-0.3, -0.25) is 4.79 Å². The summed E-state index contributed by atoms with van der Waals surface area (Å²) < 4.78 is 2.91. The normalized spacial score (nSPS) is 11.1. The highest BCUT2D eigenvalue weighted by atomic mass is 127. The third-order valence-electron chi connectivity index (χ3n) is 2.34. The number of thiophene rings is 1. The van der Waals surface area contributed by atoms with Gasteiger partial charge in [-0.05, 0) is 42.5 Å². The van der Waals surface area contributed by atoms with E-state index in [1.54, 1.807) is 16.0 Å². The topological polar surface area (TPSA) is 47.8 Å². The van der Waals surface area contributed by atoms with Crippen molar-refractivity contribution in [3.63, 3.8) is 0 Å². The summed E-state index contributed by atoms with van der Waals surface area (Å²) in [6, 6.07) is 2.13. The Bertz CT molecular complexity index is 532. The number of carbonyl (C=O) groups is 1. The van der Waals surface area contributed by atoms with Gasteiger partial charge in [0.25, 0.3) is 0 Å². The lowest BCUT2D eigenvalue weighted by Crippen LogP contribution is -2.12. The molecule has 0 amide bonds. The van der Waals surface area contributed by atoms with Crippen molar-refractivity contribution in [2.75, 3.05) is 0 Å². The molecule has 0 aliphatic heterocycles. The van der Waals surface area contributed by atoms with E-state index in [1.807, 2.05) is 25.3 Å². The van der Waals surface area contributed by atoms with E-state index in [9.17, 15) is 4.79 Å². The maximum atomic E-state index is 12.0. The lowest BCUT2D eigenvalue weighted by Gasteiger charge is -2.08. The van der Waals surface area contributed by atoms with Crippen LogP contribution in [0.3, 0.4) is 0 Å². The zero-order valence-electron chi connectivity index (χ0n) is 9.55. The number of aromatic nitrogens is 3. The Kier molecular flexibility index (Phi) is 3.93. The van der Waals surface area contributed by atoms with Crippen LogP contribution in [0.2, 0.25) is 0 Å². The van der Waals surface area contributed by atoms with Crippen LogP contribution < -0.4 is 0 Å². The van der Waals surface area contributed by atoms with Gasteiger partial charge in [-0.15, -0.1) is 11.3 Å². The molecule has 2 aromatic rings. The van der Waals surface area contributed by atoms with E-state index in [1.165, 1.54) is 6.33 Å². The van der Waals surface area contributed by atoms with Crippen molar-refractivity contribution >= 4 is 39.7 Å². The summed E-state index contributed by atoms with van der Waals surface area (Å²) in [4.78, 5) is 16.2. The average molecular weight is 361 g/mol. The molecule has 0 fully saturated rings. The fourth-order valence-electron chi connectivity index (χ4n) is 1.53. The van der Waals surface area contributed by atoms with Gasteiger partial charge < -0.3 is 0 Å². The summed E-state index contributed by atoms with van der Waals surface area (Å²) in [6.07, 6.45) is 1.81. The first-order valence-corrected chi connectivity index (χ1v) is 7.19. The summed E-state index contributed by atoms with van der Waals surface area (Å²) in [5, 5.41) is 6.01. The molecule has 0 bridgehead atoms. The summed E-state index contributed by atoms with van der Waals surface area (Å²) in [6.45, 7) is 4.05. The first kappa shape index (κ1) is 12.7. The number of hydrogen-bond donors (Lipinski definition) is 0. The molecular weight excluding hydrogens is 349 g/mol. The molecule has 0 atom stereocenters. The highest BCUT2D eigenvalue weighted by molar-refractivity contribution is 14.1. The van der Waals surface area contributed by atoms with Crippen LogP contribution in [-0.4, -0.2) is 20.5 Å². The second-order valence-electron chi connectivity index (χ2n) is 3.95. The van der Waals surface area contributed by atoms with E-state index in [4.69, 9.17) is 0 Å². The van der Waals surface area contributed by atoms with Gasteiger partial charge in [-0.1, -0.05) is 0 Å². The minimum atomic E-state index is 0.0964. The predicted octanol–water partition coefficient (Wildman–Crippen LogP) is 2.95. The largest absolute Gasteiger partial charge is 0.294 e. The van der Waals surface area contributed by atoms with Crippen LogP contribution in [0.25, 0.3) is 0 Å². The molecule has 0 aliphatic carbocycles. The van der Waals surface area contributed by atoms with Crippen molar-refractivity contribution in [1.82, 2.24) is 14.8 Å². The van der Waals surface area contributed by atoms with Crippen LogP contribution in [0.15, 0.2) is 17.8 Å². The van der Waals surface area contributed by atoms with Crippen molar-refractivity contribution in [2.24, 2.45) is 0 Å². The molecule has 0 saturated carbocycles. The van der Waals surface area contributed by atoms with Gasteiger partial charge in [0.1, 0.15) is 12.2 Å². The molecule has 2 aromatic heterocycles. The Morgan fingerprint density at radius 3 is 2.94 bits per heavy atom. The summed E-state index contributed by atoms with van der Waals surface area (Å²) in [5.74, 6) is 0.824. The minimum absolute atomic E-state index is 0.0964. The monoisotopic (exact) mass is 361 g/mol. The van der Waals surface area contributed by atoms with E-state index >= 15 is 0 Å². The summed E-state index contributed by atoms with van der Waals surface area (Å²) in [7, 11) is 0. The summed E-state index contributed by atoms with van der Waals surface area (Å²) >= 11 is 3.79. The van der Waals surface area contributed by atoms with Crippen LogP contribution in [-0.2, 0) is 6.42 Å². The van der Waals surface area contributed by atoms with Crippen LogP contribution in [0.4, 0.5) is 0 Å². The molecule has 0 radical (unpaired) electrons. The first-order valence-electron chi connectivity index (χ1n) is 5.23. The lowest BCUT2D eigenvalue weighted by molar-refractivity contribution is 0.0989. The second-order valence-corrected chi connectivity index (χ2v) is 6.76. The van der Waals surface area contributed by atoms with Crippen LogP contribution >= 0.6 is 33.9 Å². The highest BCUT2D eigenvalue weighted by Crippen LogP contribution is 2.18. The molecule has 0 unspecified atom stereocenters. The van der Waals surface area contributed by atoms with Gasteiger partial charge in [-0.25, -0.2) is 9.67 Å². The van der Waals surface area contributed by atoms with E-state index in [-0.39, 0.29) is 11.8 Å². The quantitative estimate of drug-likeness (QED) is 0.622. The molecule has 0 spiro atoms. The molecule has 0 aliphatic rings. The van der Waals surface area contributed by atoms with Crippen molar-refractivity contribution in [3.05, 3.63) is 32.0 Å². The standard InChI is InChI=1S/C11H12IN3OS/c1-7(2)15-11(13-6-14-15)4-9(16)8-3-10(12)17-5-8/h3,5-7H,4H2,1-2H3. The molecule has 6 heteroatoms. The molecule has 2 rings (SSSR count). The first-order chi connectivity index (χ1) is 8.08. The number of nitrogens with zero attached hydrogens (tertiary/aromatic N) is 3. The zero-order chi connectivity index (χ0) is 12.4. The fraction of sp³-hybridized carbons (Fsp3) is 0.364. The van der Waals surface area contributed by atoms with Gasteiger partial charge in [0.2, 0.25) is 0 Å². The predicted molar refractivity (Wildman–Crippen MR) is 75.5 cm³/mol. The molecule has 2 heterocycles. The van der Waals surface area contributed by atoms with Crippen LogP contribution in [0.1, 0.15) is 36.1 Å². The molecule has 0 saturated heterocycles. The maximum absolute atomic E-state index is 12.0. The SMILES string of the molecule is CC(C)n1ncnc1CC(=O)c1csc(I)c1. The smallest absolute Gasteiger partial charge is 0.171 e. The number of carbonyl (C=O) groups excluding carboxylic acids is 1. The number of Topliss-reactive ketones (excluding diaryl/α,β-unsaturated/α-hetero) is 1. The fourth-order valence-corrected chi connectivity index (χ4v) is 2.88. The Balaban J connectivity index is 2.16. The van der Waals surface area contributed by atoms with E-state index in [0.29, 0.717) is 6.42 Å². The van der Waals surface area contributed by atoms with E-state index in [0.717, 1.165) is 14.3 Å². The van der Waals surface area contributed by atoms with Crippen molar-refractivity contribution in [2.45, 2.75) is 26.3 Å². The van der Waals surface area contributed by atoms with Crippen LogP contribution in [0.5, 0.6) is 0 Å². The minimum Gasteiger partial charge on any atom is -0.294 e. The maximum Gasteiger partial charge on any atom is 0.171 e. The Hall–Kier alpha value is -0.760. The number of ketones is 1. The number of hydrogen-bond acceptors (Lipinski definition) is 4. The number of halogens is 1. The second kappa shape index (κ2) is 5.26. The van der Waals surface area contributed by atoms with Gasteiger partial charge in [-0.2, -0.15) is 5.10 Å². The molecule has 0 aromatic carbocycles. The molecule has 90 valence electrons. The summed E-state index contributed by atoms with van der Waals surface area (Å²) in [5.41, 5.74) is 0.762. The molecule has 0 N–H and O–H groups in total. The highest BCUT2D eigenvalue weighted by Gasteiger charge is 2.14. The van der Waals surface area contributed by atoms with Gasteiger partial charge in [0, 0.05) is 17.0 Å². The Morgan fingerprint density at radius 1 is 1.59 bits per heavy atom. The van der Waals surface area contributed by atoms with Crippen LogP contribution in [0, 0.1) is 2.88 Å². The van der Waals surface area contributed by atoms with Gasteiger partial charge >= 0.3 is 0 Å². The van der Waals surface area contributed by atoms with Crippen molar-refractivity contribution < 1.29 is 4.79 Å². The van der Waals surface area contributed by atoms with Gasteiger partial charge in [0.15, 0.2) is 5.78 Å². The number of rotatable bonds is 4. The third-order valence-corrected chi connectivity index (χ3v) is 4.13. The van der Waals surface area contributed by atoms with E-state index in [2.05, 4.69) is 32.7 Å².